The van der Waals surface area contributed by atoms with Crippen molar-refractivity contribution < 1.29 is 23.4 Å². The highest BCUT2D eigenvalue weighted by Crippen LogP contribution is 2.49. The molecule has 2 atom stereocenters. The van der Waals surface area contributed by atoms with E-state index in [0.29, 0.717) is 31.1 Å². The summed E-state index contributed by atoms with van der Waals surface area (Å²) in [6.45, 7) is 8.63. The molecule has 0 saturated carbocycles. The lowest BCUT2D eigenvalue weighted by Gasteiger charge is -2.52. The average molecular weight is 509 g/mol. The second kappa shape index (κ2) is 9.15. The van der Waals surface area contributed by atoms with Crippen LogP contribution in [-0.4, -0.2) is 46.8 Å². The molecule has 1 saturated heterocycles. The lowest BCUT2D eigenvalue weighted by molar-refractivity contribution is -0.0288. The second-order valence-corrected chi connectivity index (χ2v) is 10.4. The van der Waals surface area contributed by atoms with Crippen molar-refractivity contribution in [2.24, 2.45) is 5.41 Å². The molecule has 2 N–H and O–H groups in total. The van der Waals surface area contributed by atoms with Crippen LogP contribution in [0.15, 0.2) is 48.8 Å². The first-order valence-corrected chi connectivity index (χ1v) is 12.3. The number of carbonyl (C=O) groups is 1. The van der Waals surface area contributed by atoms with Gasteiger partial charge in [-0.15, -0.1) is 0 Å². The molecule has 2 aliphatic heterocycles. The molecule has 0 bridgehead atoms. The van der Waals surface area contributed by atoms with E-state index in [-0.39, 0.29) is 11.6 Å². The van der Waals surface area contributed by atoms with Crippen LogP contribution in [-0.2, 0) is 10.7 Å². The third kappa shape index (κ3) is 4.57. The predicted molar refractivity (Wildman–Crippen MR) is 137 cm³/mol. The predicted octanol–water partition coefficient (Wildman–Crippen LogP) is 5.09. The van der Waals surface area contributed by atoms with Crippen molar-refractivity contribution in [3.05, 3.63) is 71.3 Å². The van der Waals surface area contributed by atoms with Gasteiger partial charge in [-0.1, -0.05) is 19.9 Å². The number of carbonyl (C=O) groups excluding carboxylic acids is 1. The van der Waals surface area contributed by atoms with E-state index in [1.165, 1.54) is 12.3 Å². The number of aliphatic hydroxyl groups is 1. The number of pyridine rings is 2. The zero-order chi connectivity index (χ0) is 26.5. The highest BCUT2D eigenvalue weighted by molar-refractivity contribution is 6.04. The Labute approximate surface area is 214 Å². The van der Waals surface area contributed by atoms with Crippen molar-refractivity contribution in [2.45, 2.75) is 45.8 Å². The lowest BCUT2D eigenvalue weighted by Crippen LogP contribution is -2.58. The summed E-state index contributed by atoms with van der Waals surface area (Å²) in [4.78, 5) is 23.5. The maximum Gasteiger partial charge on any atom is 0.286 e. The number of rotatable bonds is 4. The minimum absolute atomic E-state index is 0.0215. The van der Waals surface area contributed by atoms with Crippen molar-refractivity contribution >= 4 is 17.3 Å². The number of benzene rings is 1. The number of ether oxygens (including phenoxy) is 1. The number of fused-ring (bicyclic) bond motifs is 3. The van der Waals surface area contributed by atoms with E-state index in [4.69, 9.17) is 4.74 Å². The van der Waals surface area contributed by atoms with Gasteiger partial charge >= 0.3 is 0 Å². The van der Waals surface area contributed by atoms with E-state index in [0.717, 1.165) is 35.4 Å². The number of aliphatic hydroxyl groups excluding tert-OH is 1. The first kappa shape index (κ1) is 25.2. The Kier molecular flexibility index (Phi) is 6.24. The van der Waals surface area contributed by atoms with E-state index in [9.17, 15) is 18.7 Å². The SMILES string of the molecule is Cc1ccc(NC(=O)c2ccnc(C(C)(F)F)c2)cc1-c1cnc2c(c1)N1CCOC[C@H]1C(C)(C)[C@@H]2O. The topological polar surface area (TPSA) is 87.6 Å². The molecule has 1 fully saturated rings. The number of nitrogens with zero attached hydrogens (tertiary/aromatic N) is 3. The van der Waals surface area contributed by atoms with Crippen molar-refractivity contribution in [1.29, 1.82) is 0 Å². The fourth-order valence-electron chi connectivity index (χ4n) is 5.12. The van der Waals surface area contributed by atoms with E-state index in [2.05, 4.69) is 20.2 Å². The Hall–Kier alpha value is -3.43. The number of amides is 1. The van der Waals surface area contributed by atoms with Crippen LogP contribution in [0.2, 0.25) is 0 Å². The number of hydrogen-bond donors (Lipinski definition) is 2. The molecule has 1 amide bonds. The van der Waals surface area contributed by atoms with Gasteiger partial charge in [0.15, 0.2) is 0 Å². The summed E-state index contributed by atoms with van der Waals surface area (Å²) >= 11 is 0. The molecule has 5 rings (SSSR count). The number of aryl methyl sites for hydroxylation is 1. The molecule has 0 unspecified atom stereocenters. The van der Waals surface area contributed by atoms with Gasteiger partial charge in [0.25, 0.3) is 11.8 Å². The van der Waals surface area contributed by atoms with E-state index in [1.54, 1.807) is 12.3 Å². The maximum absolute atomic E-state index is 13.7. The normalized spacial score (nSPS) is 20.7. The summed E-state index contributed by atoms with van der Waals surface area (Å²) in [5, 5.41) is 13.9. The molecular weight excluding hydrogens is 478 g/mol. The third-order valence-electron chi connectivity index (χ3n) is 7.44. The number of halogens is 2. The van der Waals surface area contributed by atoms with Crippen LogP contribution >= 0.6 is 0 Å². The molecule has 37 heavy (non-hydrogen) atoms. The number of aromatic nitrogens is 2. The number of hydrogen-bond acceptors (Lipinski definition) is 6. The molecule has 7 nitrogen and oxygen atoms in total. The Morgan fingerprint density at radius 2 is 2.00 bits per heavy atom. The molecular formula is C28H30F2N4O3. The molecule has 1 aromatic carbocycles. The van der Waals surface area contributed by atoms with Gasteiger partial charge < -0.3 is 20.1 Å². The van der Waals surface area contributed by atoms with Gasteiger partial charge in [0.1, 0.15) is 11.8 Å². The van der Waals surface area contributed by atoms with Gasteiger partial charge in [-0.2, -0.15) is 8.78 Å². The van der Waals surface area contributed by atoms with Gasteiger partial charge in [-0.25, -0.2) is 0 Å². The summed E-state index contributed by atoms with van der Waals surface area (Å²) in [7, 11) is 0. The smallest absolute Gasteiger partial charge is 0.286 e. The molecule has 4 heterocycles. The fourth-order valence-corrected chi connectivity index (χ4v) is 5.12. The minimum Gasteiger partial charge on any atom is -0.386 e. The zero-order valence-corrected chi connectivity index (χ0v) is 21.3. The molecule has 0 radical (unpaired) electrons. The molecule has 2 aromatic heterocycles. The van der Waals surface area contributed by atoms with Gasteiger partial charge in [0.2, 0.25) is 0 Å². The van der Waals surface area contributed by atoms with E-state index >= 15 is 0 Å². The van der Waals surface area contributed by atoms with Crippen molar-refractivity contribution in [1.82, 2.24) is 9.97 Å². The summed E-state index contributed by atoms with van der Waals surface area (Å²) in [6.07, 6.45) is 2.22. The van der Waals surface area contributed by atoms with Crippen molar-refractivity contribution in [3.8, 4) is 11.1 Å². The molecule has 3 aromatic rings. The number of anilines is 2. The van der Waals surface area contributed by atoms with Gasteiger partial charge in [-0.3, -0.25) is 14.8 Å². The van der Waals surface area contributed by atoms with Crippen LogP contribution in [0.1, 0.15) is 54.2 Å². The van der Waals surface area contributed by atoms with Crippen LogP contribution < -0.4 is 10.2 Å². The van der Waals surface area contributed by atoms with Crippen LogP contribution in [0.5, 0.6) is 0 Å². The van der Waals surface area contributed by atoms with Gasteiger partial charge in [0.05, 0.1) is 30.6 Å². The standard InChI is InChI=1S/C28H30F2N4O3/c1-16-5-6-19(33-26(36)17-7-8-31-22(12-17)28(4,29)30)13-20(16)18-11-21-24(32-14-18)25(35)27(2,3)23-15-37-10-9-34(21)23/h5-8,11-14,23,25,35H,9-10,15H2,1-4H3,(H,33,36)/t23-,25+/m0/s1. The first-order valence-electron chi connectivity index (χ1n) is 12.3. The zero-order valence-electron chi connectivity index (χ0n) is 21.3. The van der Waals surface area contributed by atoms with Gasteiger partial charge in [-0.05, 0) is 48.4 Å². The Morgan fingerprint density at radius 3 is 2.76 bits per heavy atom. The fraction of sp³-hybridized carbons (Fsp3) is 0.393. The third-order valence-corrected chi connectivity index (χ3v) is 7.44. The average Bonchev–Trinajstić information content (AvgIpc) is 2.88. The molecule has 0 aliphatic carbocycles. The monoisotopic (exact) mass is 508 g/mol. The van der Waals surface area contributed by atoms with E-state index in [1.807, 2.05) is 39.0 Å². The highest BCUT2D eigenvalue weighted by atomic mass is 19.3. The highest BCUT2D eigenvalue weighted by Gasteiger charge is 2.48. The van der Waals surface area contributed by atoms with Gasteiger partial charge in [0, 0.05) is 48.1 Å². The summed E-state index contributed by atoms with van der Waals surface area (Å²) in [5.41, 5.74) is 3.97. The van der Waals surface area contributed by atoms with Crippen LogP contribution in [0.4, 0.5) is 20.2 Å². The quantitative estimate of drug-likeness (QED) is 0.510. The van der Waals surface area contributed by atoms with Crippen LogP contribution in [0.3, 0.4) is 0 Å². The minimum atomic E-state index is -3.14. The summed E-state index contributed by atoms with van der Waals surface area (Å²) in [5.74, 6) is -3.65. The van der Waals surface area contributed by atoms with Crippen LogP contribution in [0.25, 0.3) is 11.1 Å². The Balaban J connectivity index is 1.47. The van der Waals surface area contributed by atoms with E-state index < -0.39 is 29.0 Å². The van der Waals surface area contributed by atoms with Crippen molar-refractivity contribution in [2.75, 3.05) is 30.0 Å². The number of nitrogens with one attached hydrogen (secondary N) is 1. The molecule has 194 valence electrons. The van der Waals surface area contributed by atoms with Crippen molar-refractivity contribution in [3.63, 3.8) is 0 Å². The molecule has 2 aliphatic rings. The van der Waals surface area contributed by atoms with Crippen LogP contribution in [0, 0.1) is 12.3 Å². The number of alkyl halides is 2. The summed E-state index contributed by atoms with van der Waals surface area (Å²) < 4.78 is 33.1. The maximum atomic E-state index is 13.7. The largest absolute Gasteiger partial charge is 0.386 e. The first-order chi connectivity index (χ1) is 17.5. The Morgan fingerprint density at radius 1 is 1.22 bits per heavy atom. The molecule has 9 heteroatoms. The molecule has 0 spiro atoms. The second-order valence-electron chi connectivity index (χ2n) is 10.4. The summed E-state index contributed by atoms with van der Waals surface area (Å²) in [6, 6.07) is 10.1. The lowest BCUT2D eigenvalue weighted by atomic mass is 9.73. The number of morpholine rings is 1. The Bertz CT molecular complexity index is 1360.